The van der Waals surface area contributed by atoms with Gasteiger partial charge in [0.2, 0.25) is 0 Å². The zero-order valence-electron chi connectivity index (χ0n) is 1.89. The maximum absolute atomic E-state index is 0. The predicted octanol–water partition coefficient (Wildman–Crippen LogP) is -0.767. The van der Waals surface area contributed by atoms with E-state index in [1.807, 2.05) is 0 Å². The summed E-state index contributed by atoms with van der Waals surface area (Å²) in [6.45, 7) is 0. The first-order valence-corrected chi connectivity index (χ1v) is 0. The van der Waals surface area contributed by atoms with Gasteiger partial charge in [-0.2, -0.15) is 0 Å². The monoisotopic (exact) mass is 512 g/mol. The summed E-state index contributed by atoms with van der Waals surface area (Å²) in [5.74, 6) is 0. The average Bonchev–Trinajstić information content (AvgIpc) is 0. The van der Waals surface area contributed by atoms with Crippen molar-refractivity contribution in [3.05, 3.63) is 0 Å². The summed E-state index contributed by atoms with van der Waals surface area (Å²) >= 11 is 0. The Balaban J connectivity index is 0. The van der Waals surface area contributed by atoms with Crippen LogP contribution in [0.1, 0.15) is 0 Å². The van der Waals surface area contributed by atoms with Crippen LogP contribution in [-0.4, -0.2) is 51.7 Å². The summed E-state index contributed by atoms with van der Waals surface area (Å²) in [5.41, 5.74) is 0. The molecule has 8 radical (unpaired) electrons. The van der Waals surface area contributed by atoms with Gasteiger partial charge >= 0.3 is 0 Å². The van der Waals surface area contributed by atoms with Gasteiger partial charge in [-0.1, -0.05) is 0 Å². The quantitative estimate of drug-likeness (QED) is 0.374. The summed E-state index contributed by atoms with van der Waals surface area (Å²) in [7, 11) is 0. The molecule has 0 heterocycles. The molecule has 0 rings (SSSR count). The van der Waals surface area contributed by atoms with Crippen molar-refractivity contribution in [1.29, 1.82) is 0 Å². The van der Waals surface area contributed by atoms with Crippen molar-refractivity contribution in [2.45, 2.75) is 0 Å². The second kappa shape index (κ2) is 16.2. The summed E-state index contributed by atoms with van der Waals surface area (Å²) in [5, 5.41) is 0. The molecule has 0 N–H and O–H groups in total. The van der Waals surface area contributed by atoms with Crippen LogP contribution in [0.2, 0.25) is 0 Å². The van der Waals surface area contributed by atoms with Gasteiger partial charge in [-0.3, -0.25) is 0 Å². The molecular weight excluding hydrogens is 513 g/mol. The largest absolute Gasteiger partial charge is 0 e. The minimum atomic E-state index is 0. The van der Waals surface area contributed by atoms with E-state index in [-0.39, 0.29) is 100 Å². The molecule has 0 spiro atoms. The van der Waals surface area contributed by atoms with E-state index < -0.39 is 0 Å². The molecule has 0 bridgehead atoms. The zero-order chi connectivity index (χ0) is 0. The first-order chi connectivity index (χ1) is 0. The molecule has 0 amide bonds. The minimum absolute atomic E-state index is 0. The summed E-state index contributed by atoms with van der Waals surface area (Å²) in [6, 6.07) is 0. The van der Waals surface area contributed by atoms with Gasteiger partial charge in [0.05, 0.1) is 0 Å². The van der Waals surface area contributed by atoms with Gasteiger partial charge in [-0.05, 0) is 0 Å². The van der Waals surface area contributed by atoms with Crippen LogP contribution in [0.5, 0.6) is 0 Å². The molecule has 0 nitrogen and oxygen atoms in total. The van der Waals surface area contributed by atoms with Crippen LogP contribution in [0.4, 0.5) is 0 Å². The van der Waals surface area contributed by atoms with E-state index in [1.165, 1.54) is 0 Å². The zero-order valence-corrected chi connectivity index (χ0v) is 13.0. The maximum atomic E-state index is 0. The SMILES string of the molecule is [Nb].[Pb].[Sb].[Zr]. The molecule has 0 aliphatic rings. The third-order valence-electron chi connectivity index (χ3n) is 0. The van der Waals surface area contributed by atoms with Crippen LogP contribution < -0.4 is 0 Å². The van der Waals surface area contributed by atoms with E-state index in [0.29, 0.717) is 0 Å². The van der Waals surface area contributed by atoms with Crippen molar-refractivity contribution in [3.63, 3.8) is 0 Å². The van der Waals surface area contributed by atoms with Gasteiger partial charge in [0.15, 0.2) is 0 Å². The van der Waals surface area contributed by atoms with E-state index in [9.17, 15) is 0 Å². The van der Waals surface area contributed by atoms with E-state index >= 15 is 0 Å². The smallest absolute Gasteiger partial charge is 0 e. The molecule has 0 aliphatic heterocycles. The van der Waals surface area contributed by atoms with Gasteiger partial charge in [0.25, 0.3) is 0 Å². The van der Waals surface area contributed by atoms with Crippen molar-refractivity contribution >= 4 is 51.7 Å². The van der Waals surface area contributed by atoms with Crippen LogP contribution in [0.25, 0.3) is 0 Å². The maximum Gasteiger partial charge on any atom is 0 e. The molecule has 0 fully saturated rings. The standard InChI is InChI=1S/Nb.Pb.Sb.Zr. The van der Waals surface area contributed by atoms with Crippen molar-refractivity contribution < 1.29 is 48.6 Å². The normalized spacial score (nSPS) is 0. The van der Waals surface area contributed by atoms with Crippen LogP contribution in [0, 0.1) is 0 Å². The molecule has 18 valence electrons. The van der Waals surface area contributed by atoms with E-state index in [2.05, 4.69) is 0 Å². The Kier molecular flexibility index (Phi) is 107. The third kappa shape index (κ3) is 9.03. The van der Waals surface area contributed by atoms with E-state index in [4.69, 9.17) is 0 Å². The van der Waals surface area contributed by atoms with Crippen molar-refractivity contribution in [3.8, 4) is 0 Å². The van der Waals surface area contributed by atoms with Crippen LogP contribution in [-0.2, 0) is 48.6 Å². The number of hydrogen-bond acceptors (Lipinski definition) is 0. The second-order valence-electron chi connectivity index (χ2n) is 0. The topological polar surface area (TPSA) is 0 Å². The molecule has 0 saturated heterocycles. The molecule has 0 aromatic heterocycles. The fourth-order valence-electron chi connectivity index (χ4n) is 0. The Labute approximate surface area is 98.1 Å². The average molecular weight is 513 g/mol. The Morgan fingerprint density at radius 3 is 1.00 bits per heavy atom. The van der Waals surface area contributed by atoms with Crippen LogP contribution >= 0.6 is 0 Å². The minimum Gasteiger partial charge on any atom is 0 e. The fourth-order valence-corrected chi connectivity index (χ4v) is 0. The van der Waals surface area contributed by atoms with Gasteiger partial charge in [-0.15, -0.1) is 0 Å². The predicted molar refractivity (Wildman–Crippen MR) is 11.5 cm³/mol. The Bertz CT molecular complexity index is 8.00. The molecule has 4 heteroatoms. The molecule has 0 unspecified atom stereocenters. The van der Waals surface area contributed by atoms with Crippen LogP contribution in [0.3, 0.4) is 0 Å². The van der Waals surface area contributed by atoms with Gasteiger partial charge < -0.3 is 0 Å². The first-order valence-electron chi connectivity index (χ1n) is 0. The van der Waals surface area contributed by atoms with E-state index in [0.717, 1.165) is 0 Å². The molecule has 0 aliphatic carbocycles. The van der Waals surface area contributed by atoms with Crippen LogP contribution in [0.15, 0.2) is 0 Å². The Hall–Kier alpha value is 3.36. The summed E-state index contributed by atoms with van der Waals surface area (Å²) in [6.07, 6.45) is 0. The van der Waals surface area contributed by atoms with E-state index in [1.54, 1.807) is 0 Å². The molecule has 4 heavy (non-hydrogen) atoms. The summed E-state index contributed by atoms with van der Waals surface area (Å²) < 4.78 is 0. The first kappa shape index (κ1) is 26.4. The van der Waals surface area contributed by atoms with Gasteiger partial charge in [0, 0.05) is 100 Å². The van der Waals surface area contributed by atoms with Crippen molar-refractivity contribution in [2.75, 3.05) is 0 Å². The molecular formula is NbPbSbZr. The Morgan fingerprint density at radius 2 is 1.00 bits per heavy atom. The van der Waals surface area contributed by atoms with Crippen molar-refractivity contribution in [1.82, 2.24) is 0 Å². The summed E-state index contributed by atoms with van der Waals surface area (Å²) in [4.78, 5) is 0. The third-order valence-corrected chi connectivity index (χ3v) is 0. The molecule has 0 aromatic rings. The second-order valence-corrected chi connectivity index (χ2v) is 0. The molecule has 0 aromatic carbocycles. The molecule has 0 saturated carbocycles. The number of rotatable bonds is 0. The van der Waals surface area contributed by atoms with Gasteiger partial charge in [0.1, 0.15) is 0 Å². The molecule has 0 atom stereocenters. The Morgan fingerprint density at radius 1 is 1.00 bits per heavy atom. The van der Waals surface area contributed by atoms with Crippen molar-refractivity contribution in [2.24, 2.45) is 0 Å². The van der Waals surface area contributed by atoms with Gasteiger partial charge in [-0.25, -0.2) is 0 Å². The number of hydrogen-bond donors (Lipinski definition) is 0. The fraction of sp³-hybridized carbons (Fsp3) is 0.